The van der Waals surface area contributed by atoms with E-state index >= 15 is 0 Å². The normalized spacial score (nSPS) is 11.4. The lowest BCUT2D eigenvalue weighted by Gasteiger charge is -2.16. The Morgan fingerprint density at radius 3 is 2.18 bits per heavy atom. The van der Waals surface area contributed by atoms with Gasteiger partial charge in [-0.2, -0.15) is 18.3 Å². The van der Waals surface area contributed by atoms with E-state index in [4.69, 9.17) is 0 Å². The Kier molecular flexibility index (Phi) is 7.19. The van der Waals surface area contributed by atoms with Gasteiger partial charge >= 0.3 is 6.18 Å². The van der Waals surface area contributed by atoms with Gasteiger partial charge in [-0.3, -0.25) is 14.4 Å². The molecule has 0 fully saturated rings. The Labute approximate surface area is 193 Å². The fourth-order valence-corrected chi connectivity index (χ4v) is 3.26. The summed E-state index contributed by atoms with van der Waals surface area (Å²) < 4.78 is 41.3. The molecule has 0 saturated carbocycles. The van der Waals surface area contributed by atoms with Crippen LogP contribution in [0.4, 0.5) is 24.5 Å². The van der Waals surface area contributed by atoms with Crippen molar-refractivity contribution in [1.82, 2.24) is 9.78 Å². The van der Waals surface area contributed by atoms with E-state index < -0.39 is 28.8 Å². The van der Waals surface area contributed by atoms with Gasteiger partial charge in [0.1, 0.15) is 0 Å². The zero-order chi connectivity index (χ0) is 25.0. The molecule has 10 heteroatoms. The third-order valence-electron chi connectivity index (χ3n) is 4.78. The number of carbonyl (C=O) groups is 2. The number of nitrogens with one attached hydrogen (secondary N) is 2. The fourth-order valence-electron chi connectivity index (χ4n) is 3.26. The number of rotatable bonds is 6. The van der Waals surface area contributed by atoms with Crippen LogP contribution in [0.2, 0.25) is 0 Å². The second-order valence-electron chi connectivity index (χ2n) is 8.10. The van der Waals surface area contributed by atoms with E-state index in [0.29, 0.717) is 17.8 Å². The lowest BCUT2D eigenvalue weighted by Crippen LogP contribution is -2.27. The van der Waals surface area contributed by atoms with Crippen LogP contribution >= 0.6 is 0 Å². The molecule has 34 heavy (non-hydrogen) atoms. The summed E-state index contributed by atoms with van der Waals surface area (Å²) in [5.74, 6) is -0.817. The number of alkyl halides is 3. The number of anilines is 2. The second-order valence-corrected chi connectivity index (χ2v) is 8.10. The highest BCUT2D eigenvalue weighted by molar-refractivity contribution is 6.03. The Hall–Kier alpha value is -3.95. The fraction of sp³-hybridized carbons (Fsp3) is 0.250. The van der Waals surface area contributed by atoms with Crippen molar-refractivity contribution in [2.45, 2.75) is 33.4 Å². The second kappa shape index (κ2) is 9.90. The van der Waals surface area contributed by atoms with Crippen LogP contribution in [-0.4, -0.2) is 21.6 Å². The molecule has 0 bridgehead atoms. The summed E-state index contributed by atoms with van der Waals surface area (Å²) in [4.78, 5) is 37.0. The number of hydrogen-bond donors (Lipinski definition) is 2. The van der Waals surface area contributed by atoms with E-state index in [1.165, 1.54) is 37.3 Å². The summed E-state index contributed by atoms with van der Waals surface area (Å²) in [5.41, 5.74) is -1.55. The minimum absolute atomic E-state index is 0.139. The van der Waals surface area contributed by atoms with E-state index in [1.54, 1.807) is 12.1 Å². The van der Waals surface area contributed by atoms with Gasteiger partial charge in [-0.1, -0.05) is 26.0 Å². The van der Waals surface area contributed by atoms with E-state index in [-0.39, 0.29) is 23.2 Å². The molecule has 0 atom stereocenters. The molecule has 0 spiro atoms. The number of para-hydroxylation sites is 1. The van der Waals surface area contributed by atoms with Crippen molar-refractivity contribution in [1.29, 1.82) is 0 Å². The van der Waals surface area contributed by atoms with Gasteiger partial charge < -0.3 is 10.6 Å². The van der Waals surface area contributed by atoms with Gasteiger partial charge in [0.25, 0.3) is 5.91 Å². The zero-order valence-electron chi connectivity index (χ0n) is 18.7. The molecule has 0 aliphatic rings. The highest BCUT2D eigenvalue weighted by Gasteiger charge is 2.34. The molecule has 1 aromatic heterocycles. The van der Waals surface area contributed by atoms with Crippen molar-refractivity contribution in [3.8, 4) is 5.69 Å². The predicted octanol–water partition coefficient (Wildman–Crippen LogP) is 4.80. The molecule has 2 N–H and O–H groups in total. The quantitative estimate of drug-likeness (QED) is 0.539. The molecule has 178 valence electrons. The van der Waals surface area contributed by atoms with Crippen LogP contribution < -0.4 is 16.1 Å². The topological polar surface area (TPSA) is 93.1 Å². The third-order valence-corrected chi connectivity index (χ3v) is 4.78. The first-order valence-corrected chi connectivity index (χ1v) is 10.4. The number of nitrogens with zero attached hydrogens (tertiary/aromatic N) is 2. The molecular formula is C24H23F3N4O3. The van der Waals surface area contributed by atoms with Crippen molar-refractivity contribution < 1.29 is 22.8 Å². The first kappa shape index (κ1) is 24.7. The maximum absolute atomic E-state index is 13.5. The minimum Gasteiger partial charge on any atom is -0.326 e. The number of carbonyl (C=O) groups excluding carboxylic acids is 2. The van der Waals surface area contributed by atoms with Crippen molar-refractivity contribution in [2.24, 2.45) is 5.92 Å². The monoisotopic (exact) mass is 472 g/mol. The van der Waals surface area contributed by atoms with Gasteiger partial charge in [-0.15, -0.1) is 0 Å². The molecule has 0 aliphatic carbocycles. The van der Waals surface area contributed by atoms with Crippen LogP contribution in [0.15, 0.2) is 59.4 Å². The summed E-state index contributed by atoms with van der Waals surface area (Å²) in [5, 5.41) is 9.17. The van der Waals surface area contributed by atoms with Crippen LogP contribution in [0.5, 0.6) is 0 Å². The first-order valence-electron chi connectivity index (χ1n) is 10.4. The zero-order valence-corrected chi connectivity index (χ0v) is 18.7. The molecular weight excluding hydrogens is 449 g/mol. The van der Waals surface area contributed by atoms with Gasteiger partial charge in [-0.05, 0) is 49.2 Å². The average molecular weight is 472 g/mol. The van der Waals surface area contributed by atoms with Gasteiger partial charge in [0.15, 0.2) is 5.69 Å². The Bertz CT molecular complexity index is 1270. The standard InChI is InChI=1S/C24H23F3N4O3/c1-14(2)12-21(33)28-16-8-10-17(11-9-16)29-23(34)22-20(32)13-15(3)31(30-22)19-7-5-4-6-18(19)24(25,26)27/h4-11,13-14H,12H2,1-3H3,(H,28,33)(H,29,34). The number of hydrogen-bond acceptors (Lipinski definition) is 4. The van der Waals surface area contributed by atoms with Gasteiger partial charge in [0.05, 0.1) is 11.3 Å². The number of amides is 2. The molecule has 0 saturated heterocycles. The van der Waals surface area contributed by atoms with Crippen LogP contribution in [0.3, 0.4) is 0 Å². The Balaban J connectivity index is 1.86. The molecule has 1 heterocycles. The molecule has 2 aromatic carbocycles. The first-order chi connectivity index (χ1) is 16.0. The average Bonchev–Trinajstić information content (AvgIpc) is 2.74. The van der Waals surface area contributed by atoms with E-state index in [2.05, 4.69) is 15.7 Å². The smallest absolute Gasteiger partial charge is 0.326 e. The predicted molar refractivity (Wildman–Crippen MR) is 122 cm³/mol. The van der Waals surface area contributed by atoms with Crippen molar-refractivity contribution in [3.63, 3.8) is 0 Å². The number of benzene rings is 2. The Morgan fingerprint density at radius 2 is 1.59 bits per heavy atom. The van der Waals surface area contributed by atoms with Crippen LogP contribution in [0.25, 0.3) is 5.69 Å². The Morgan fingerprint density at radius 1 is 1.00 bits per heavy atom. The molecule has 3 rings (SSSR count). The largest absolute Gasteiger partial charge is 0.418 e. The molecule has 0 unspecified atom stereocenters. The van der Waals surface area contributed by atoms with E-state index in [9.17, 15) is 27.6 Å². The third kappa shape index (κ3) is 5.89. The maximum Gasteiger partial charge on any atom is 0.418 e. The number of halogens is 3. The lowest BCUT2D eigenvalue weighted by molar-refractivity contribution is -0.137. The maximum atomic E-state index is 13.5. The molecule has 0 radical (unpaired) electrons. The summed E-state index contributed by atoms with van der Waals surface area (Å²) in [7, 11) is 0. The SMILES string of the molecule is Cc1cc(=O)c(C(=O)Nc2ccc(NC(=O)CC(C)C)cc2)nn1-c1ccccc1C(F)(F)F. The number of aryl methyl sites for hydroxylation is 1. The summed E-state index contributed by atoms with van der Waals surface area (Å²) in [6.07, 6.45) is -4.29. The van der Waals surface area contributed by atoms with E-state index in [0.717, 1.165) is 16.8 Å². The van der Waals surface area contributed by atoms with Crippen molar-refractivity contribution in [3.05, 3.63) is 81.8 Å². The number of aromatic nitrogens is 2. The van der Waals surface area contributed by atoms with Crippen molar-refractivity contribution >= 4 is 23.2 Å². The lowest BCUT2D eigenvalue weighted by atomic mass is 10.1. The molecule has 0 aliphatic heterocycles. The van der Waals surface area contributed by atoms with Crippen LogP contribution in [0, 0.1) is 12.8 Å². The molecule has 2 amide bonds. The highest BCUT2D eigenvalue weighted by atomic mass is 19.4. The van der Waals surface area contributed by atoms with Crippen molar-refractivity contribution in [2.75, 3.05) is 10.6 Å². The molecule has 7 nitrogen and oxygen atoms in total. The summed E-state index contributed by atoms with van der Waals surface area (Å²) in [6, 6.07) is 12.0. The van der Waals surface area contributed by atoms with Crippen LogP contribution in [0.1, 0.15) is 42.0 Å². The van der Waals surface area contributed by atoms with Gasteiger partial charge in [0.2, 0.25) is 11.3 Å². The summed E-state index contributed by atoms with van der Waals surface area (Å²) in [6.45, 7) is 5.27. The summed E-state index contributed by atoms with van der Waals surface area (Å²) >= 11 is 0. The highest BCUT2D eigenvalue weighted by Crippen LogP contribution is 2.33. The van der Waals surface area contributed by atoms with Gasteiger partial charge in [0, 0.05) is 29.6 Å². The van der Waals surface area contributed by atoms with Gasteiger partial charge in [-0.25, -0.2) is 4.68 Å². The van der Waals surface area contributed by atoms with Crippen LogP contribution in [-0.2, 0) is 11.0 Å². The molecule has 3 aromatic rings. The van der Waals surface area contributed by atoms with E-state index in [1.807, 2.05) is 13.8 Å². The minimum atomic E-state index is -4.65.